The van der Waals surface area contributed by atoms with Gasteiger partial charge in [0.25, 0.3) is 0 Å². The first-order valence-electron chi connectivity index (χ1n) is 9.67. The fourth-order valence-electron chi connectivity index (χ4n) is 2.74. The fourth-order valence-corrected chi connectivity index (χ4v) is 2.74. The Morgan fingerprint density at radius 3 is 2.39 bits per heavy atom. The summed E-state index contributed by atoms with van der Waals surface area (Å²) in [6.07, 6.45) is 5.00. The molecule has 156 valence electrons. The fraction of sp³-hybridized carbons (Fsp3) is 0.476. The quantitative estimate of drug-likeness (QED) is 0.297. The van der Waals surface area contributed by atoms with Gasteiger partial charge in [-0.05, 0) is 56.5 Å². The molecule has 0 aliphatic heterocycles. The Balaban J connectivity index is 0.00000392. The molecule has 0 saturated carbocycles. The lowest BCUT2D eigenvalue weighted by atomic mass is 10.1. The lowest BCUT2D eigenvalue weighted by Gasteiger charge is -2.14. The van der Waals surface area contributed by atoms with Crippen molar-refractivity contribution in [2.45, 2.75) is 33.7 Å². The Morgan fingerprint density at radius 2 is 1.75 bits per heavy atom. The SMILES string of the molecule is CCNC(=NCc1ccn(C)c1)NCCc1ccc(OCC)c(OCC)c1.I. The van der Waals surface area contributed by atoms with Crippen LogP contribution in [0.25, 0.3) is 0 Å². The summed E-state index contributed by atoms with van der Waals surface area (Å²) >= 11 is 0. The lowest BCUT2D eigenvalue weighted by molar-refractivity contribution is 0.287. The Hall–Kier alpha value is -1.90. The smallest absolute Gasteiger partial charge is 0.191 e. The number of rotatable bonds is 10. The largest absolute Gasteiger partial charge is 0.490 e. The molecule has 0 unspecified atom stereocenters. The molecule has 2 aromatic rings. The first-order valence-corrected chi connectivity index (χ1v) is 9.67. The van der Waals surface area contributed by atoms with E-state index in [1.165, 1.54) is 11.1 Å². The van der Waals surface area contributed by atoms with Gasteiger partial charge in [-0.25, -0.2) is 4.99 Å². The highest BCUT2D eigenvalue weighted by molar-refractivity contribution is 14.0. The van der Waals surface area contributed by atoms with Gasteiger partial charge in [0.05, 0.1) is 19.8 Å². The zero-order valence-corrected chi connectivity index (χ0v) is 19.7. The monoisotopic (exact) mass is 500 g/mol. The van der Waals surface area contributed by atoms with Crippen molar-refractivity contribution in [2.75, 3.05) is 26.3 Å². The number of aryl methyl sites for hydroxylation is 1. The van der Waals surface area contributed by atoms with Gasteiger partial charge in [-0.1, -0.05) is 6.07 Å². The van der Waals surface area contributed by atoms with Gasteiger partial charge in [-0.2, -0.15) is 0 Å². The maximum Gasteiger partial charge on any atom is 0.191 e. The third kappa shape index (κ3) is 8.00. The first-order chi connectivity index (χ1) is 13.2. The van der Waals surface area contributed by atoms with E-state index in [0.717, 1.165) is 37.0 Å². The average molecular weight is 500 g/mol. The van der Waals surface area contributed by atoms with E-state index in [0.29, 0.717) is 19.8 Å². The van der Waals surface area contributed by atoms with Crippen molar-refractivity contribution < 1.29 is 9.47 Å². The molecule has 0 atom stereocenters. The molecule has 28 heavy (non-hydrogen) atoms. The summed E-state index contributed by atoms with van der Waals surface area (Å²) in [5, 5.41) is 6.69. The molecule has 1 aromatic heterocycles. The molecule has 2 rings (SSSR count). The third-order valence-corrected chi connectivity index (χ3v) is 3.97. The summed E-state index contributed by atoms with van der Waals surface area (Å²) in [6, 6.07) is 8.22. The van der Waals surface area contributed by atoms with E-state index in [-0.39, 0.29) is 24.0 Å². The van der Waals surface area contributed by atoms with Gasteiger partial charge in [-0.3, -0.25) is 0 Å². The predicted octanol–water partition coefficient (Wildman–Crippen LogP) is 3.74. The van der Waals surface area contributed by atoms with Gasteiger partial charge in [-0.15, -0.1) is 24.0 Å². The molecule has 0 fully saturated rings. The number of nitrogens with one attached hydrogen (secondary N) is 2. The molecule has 7 heteroatoms. The normalized spacial score (nSPS) is 10.9. The minimum atomic E-state index is 0. The number of aliphatic imine (C=N–C) groups is 1. The van der Waals surface area contributed by atoms with Gasteiger partial charge in [0, 0.05) is 32.5 Å². The zero-order valence-electron chi connectivity index (χ0n) is 17.3. The summed E-state index contributed by atoms with van der Waals surface area (Å²) in [6.45, 7) is 9.57. The van der Waals surface area contributed by atoms with Gasteiger partial charge in [0.1, 0.15) is 0 Å². The summed E-state index contributed by atoms with van der Waals surface area (Å²) in [4.78, 5) is 4.65. The number of nitrogens with zero attached hydrogens (tertiary/aromatic N) is 2. The average Bonchev–Trinajstić information content (AvgIpc) is 3.07. The zero-order chi connectivity index (χ0) is 19.5. The molecule has 0 radical (unpaired) electrons. The number of aromatic nitrogens is 1. The number of halogens is 1. The summed E-state index contributed by atoms with van der Waals surface area (Å²) in [5.41, 5.74) is 2.40. The van der Waals surface area contributed by atoms with Gasteiger partial charge in [0.15, 0.2) is 17.5 Å². The minimum Gasteiger partial charge on any atom is -0.490 e. The molecule has 0 aliphatic rings. The van der Waals surface area contributed by atoms with Crippen LogP contribution in [0.2, 0.25) is 0 Å². The maximum absolute atomic E-state index is 5.70. The maximum atomic E-state index is 5.70. The van der Waals surface area contributed by atoms with E-state index in [9.17, 15) is 0 Å². The molecular formula is C21H33IN4O2. The van der Waals surface area contributed by atoms with E-state index in [1.54, 1.807) is 0 Å². The van der Waals surface area contributed by atoms with E-state index < -0.39 is 0 Å². The highest BCUT2D eigenvalue weighted by Gasteiger charge is 2.06. The molecule has 2 N–H and O–H groups in total. The molecule has 0 amide bonds. The topological polar surface area (TPSA) is 59.8 Å². The van der Waals surface area contributed by atoms with E-state index in [2.05, 4.69) is 46.9 Å². The number of guanidine groups is 1. The minimum absolute atomic E-state index is 0. The van der Waals surface area contributed by atoms with Crippen LogP contribution in [0, 0.1) is 0 Å². The molecule has 6 nitrogen and oxygen atoms in total. The van der Waals surface area contributed by atoms with Crippen molar-refractivity contribution in [1.29, 1.82) is 0 Å². The van der Waals surface area contributed by atoms with Crippen LogP contribution in [0.5, 0.6) is 11.5 Å². The van der Waals surface area contributed by atoms with Gasteiger partial charge < -0.3 is 24.7 Å². The summed E-state index contributed by atoms with van der Waals surface area (Å²) in [7, 11) is 2.02. The van der Waals surface area contributed by atoms with Crippen molar-refractivity contribution in [2.24, 2.45) is 12.0 Å². The molecule has 0 saturated heterocycles. The summed E-state index contributed by atoms with van der Waals surface area (Å²) < 4.78 is 13.4. The molecule has 0 aliphatic carbocycles. The Labute approximate surface area is 185 Å². The Morgan fingerprint density at radius 1 is 1.00 bits per heavy atom. The Bertz CT molecular complexity index is 731. The van der Waals surface area contributed by atoms with Crippen molar-refractivity contribution in [3.05, 3.63) is 47.8 Å². The lowest BCUT2D eigenvalue weighted by Crippen LogP contribution is -2.38. The van der Waals surface area contributed by atoms with Crippen molar-refractivity contribution >= 4 is 29.9 Å². The molecule has 1 heterocycles. The van der Waals surface area contributed by atoms with Crippen LogP contribution in [-0.2, 0) is 20.0 Å². The molecular weight excluding hydrogens is 467 g/mol. The molecule has 0 bridgehead atoms. The highest BCUT2D eigenvalue weighted by atomic mass is 127. The van der Waals surface area contributed by atoms with Crippen LogP contribution >= 0.6 is 24.0 Å². The van der Waals surface area contributed by atoms with Crippen LogP contribution in [0.1, 0.15) is 31.9 Å². The van der Waals surface area contributed by atoms with Crippen molar-refractivity contribution in [3.63, 3.8) is 0 Å². The van der Waals surface area contributed by atoms with Gasteiger partial charge in [0.2, 0.25) is 0 Å². The van der Waals surface area contributed by atoms with Crippen LogP contribution in [0.15, 0.2) is 41.7 Å². The number of ether oxygens (including phenoxy) is 2. The van der Waals surface area contributed by atoms with Crippen LogP contribution < -0.4 is 20.1 Å². The highest BCUT2D eigenvalue weighted by Crippen LogP contribution is 2.28. The second-order valence-corrected chi connectivity index (χ2v) is 6.20. The number of hydrogen-bond donors (Lipinski definition) is 2. The van der Waals surface area contributed by atoms with E-state index >= 15 is 0 Å². The predicted molar refractivity (Wildman–Crippen MR) is 126 cm³/mol. The van der Waals surface area contributed by atoms with Crippen LogP contribution in [0.3, 0.4) is 0 Å². The Kier molecular flexibility index (Phi) is 11.5. The standard InChI is InChI=1S/C21H32N4O2.HI/c1-5-22-21(24-15-18-11-13-25(4)16-18)23-12-10-17-8-9-19(26-6-2)20(14-17)27-7-3;/h8-9,11,13-14,16H,5-7,10,12,15H2,1-4H3,(H2,22,23,24);1H. The van der Waals surface area contributed by atoms with Crippen molar-refractivity contribution in [1.82, 2.24) is 15.2 Å². The van der Waals surface area contributed by atoms with Crippen LogP contribution in [-0.4, -0.2) is 36.8 Å². The van der Waals surface area contributed by atoms with Gasteiger partial charge >= 0.3 is 0 Å². The van der Waals surface area contributed by atoms with Crippen molar-refractivity contribution in [3.8, 4) is 11.5 Å². The molecule has 0 spiro atoms. The number of benzene rings is 1. The second kappa shape index (κ2) is 13.3. The third-order valence-electron chi connectivity index (χ3n) is 3.97. The number of hydrogen-bond acceptors (Lipinski definition) is 3. The second-order valence-electron chi connectivity index (χ2n) is 6.20. The summed E-state index contributed by atoms with van der Waals surface area (Å²) in [5.74, 6) is 2.44. The van der Waals surface area contributed by atoms with E-state index in [1.807, 2.05) is 37.7 Å². The van der Waals surface area contributed by atoms with E-state index in [4.69, 9.17) is 9.47 Å². The first kappa shape index (κ1) is 24.1. The van der Waals surface area contributed by atoms with Crippen LogP contribution in [0.4, 0.5) is 0 Å². The molecule has 1 aromatic carbocycles.